The maximum absolute atomic E-state index is 13.0. The molecule has 2 aliphatic rings. The van der Waals surface area contributed by atoms with Crippen LogP contribution in [0, 0.1) is 6.92 Å². The zero-order valence-corrected chi connectivity index (χ0v) is 19.3. The van der Waals surface area contributed by atoms with Crippen molar-refractivity contribution in [3.63, 3.8) is 0 Å². The van der Waals surface area contributed by atoms with Crippen LogP contribution in [0.25, 0.3) is 11.3 Å². The number of carbonyl (C=O) groups is 1. The molecule has 34 heavy (non-hydrogen) atoms. The van der Waals surface area contributed by atoms with Gasteiger partial charge in [-0.25, -0.2) is 0 Å². The van der Waals surface area contributed by atoms with Crippen molar-refractivity contribution >= 4 is 17.5 Å². The highest BCUT2D eigenvalue weighted by molar-refractivity contribution is 6.30. The Morgan fingerprint density at radius 2 is 1.88 bits per heavy atom. The van der Waals surface area contributed by atoms with E-state index >= 15 is 0 Å². The Kier molecular flexibility index (Phi) is 5.07. The zero-order valence-electron chi connectivity index (χ0n) is 18.6. The monoisotopic (exact) mass is 475 g/mol. The van der Waals surface area contributed by atoms with E-state index in [1.807, 2.05) is 54.1 Å². The fourth-order valence-electron chi connectivity index (χ4n) is 4.55. The molecule has 0 radical (unpaired) electrons. The molecule has 1 amide bonds. The van der Waals surface area contributed by atoms with Crippen molar-refractivity contribution in [2.75, 3.05) is 6.79 Å². The first-order valence-corrected chi connectivity index (χ1v) is 11.5. The highest BCUT2D eigenvalue weighted by Crippen LogP contribution is 2.38. The molecular weight excluding hydrogens is 454 g/mol. The summed E-state index contributed by atoms with van der Waals surface area (Å²) in [6.45, 7) is 3.16. The Hall–Kier alpha value is -3.71. The van der Waals surface area contributed by atoms with Gasteiger partial charge in [0.1, 0.15) is 5.76 Å². The number of nitrogens with zero attached hydrogens (tertiary/aromatic N) is 2. The fraction of sp³-hybridized carbons (Fsp3) is 0.231. The van der Waals surface area contributed by atoms with Gasteiger partial charge in [0, 0.05) is 35.3 Å². The Bertz CT molecular complexity index is 1400. The predicted molar refractivity (Wildman–Crippen MR) is 126 cm³/mol. The van der Waals surface area contributed by atoms with Crippen molar-refractivity contribution in [1.29, 1.82) is 0 Å². The standard InChI is InChI=1S/C26H22ClN3O4/c1-15-23-21(9-5-18-13-30(29-24(18)23)12-16-2-6-19(27)7-3-16)34-25(15)26(31)28-11-17-4-8-20-22(10-17)33-14-32-20/h2-4,6-8,10,13H,5,9,11-12,14H2,1H3,(H,28,31). The average Bonchev–Trinajstić information content (AvgIpc) is 3.55. The van der Waals surface area contributed by atoms with Gasteiger partial charge in [-0.2, -0.15) is 5.10 Å². The number of hydrogen-bond acceptors (Lipinski definition) is 5. The molecule has 7 nitrogen and oxygen atoms in total. The topological polar surface area (TPSA) is 78.5 Å². The van der Waals surface area contributed by atoms with E-state index in [2.05, 4.69) is 11.5 Å². The summed E-state index contributed by atoms with van der Waals surface area (Å²) in [5.74, 6) is 2.32. The Morgan fingerprint density at radius 3 is 2.74 bits per heavy atom. The zero-order chi connectivity index (χ0) is 23.2. The van der Waals surface area contributed by atoms with Crippen LogP contribution in [0.4, 0.5) is 0 Å². The number of halogens is 1. The second-order valence-electron chi connectivity index (χ2n) is 8.55. The second kappa shape index (κ2) is 8.25. The molecule has 3 heterocycles. The Labute approximate surface area is 201 Å². The molecule has 0 saturated heterocycles. The number of aromatic nitrogens is 2. The van der Waals surface area contributed by atoms with Crippen LogP contribution in [-0.2, 0) is 25.9 Å². The maximum atomic E-state index is 13.0. The SMILES string of the molecule is Cc1c(C(=O)NCc2ccc3c(c2)OCO3)oc2c1-c1nn(Cc3ccc(Cl)cc3)cc1CC2. The third kappa shape index (κ3) is 3.72. The molecule has 0 bridgehead atoms. The average molecular weight is 476 g/mol. The number of hydrogen-bond donors (Lipinski definition) is 1. The van der Waals surface area contributed by atoms with Crippen molar-refractivity contribution in [2.24, 2.45) is 0 Å². The van der Waals surface area contributed by atoms with Crippen LogP contribution in [0.2, 0.25) is 5.02 Å². The number of carbonyl (C=O) groups excluding carboxylic acids is 1. The van der Waals surface area contributed by atoms with Crippen molar-refractivity contribution in [1.82, 2.24) is 15.1 Å². The van der Waals surface area contributed by atoms with Gasteiger partial charge >= 0.3 is 0 Å². The van der Waals surface area contributed by atoms with Crippen LogP contribution in [0.15, 0.2) is 53.1 Å². The minimum atomic E-state index is -0.244. The van der Waals surface area contributed by atoms with E-state index in [1.165, 1.54) is 0 Å². The molecule has 0 fully saturated rings. The summed E-state index contributed by atoms with van der Waals surface area (Å²) in [5.41, 5.74) is 5.86. The Balaban J connectivity index is 1.22. The van der Waals surface area contributed by atoms with Gasteiger partial charge in [-0.15, -0.1) is 0 Å². The number of amides is 1. The minimum Gasteiger partial charge on any atom is -0.455 e. The third-order valence-corrected chi connectivity index (χ3v) is 6.52. The molecule has 2 aromatic heterocycles. The molecule has 6 rings (SSSR count). The van der Waals surface area contributed by atoms with Crippen molar-refractivity contribution < 1.29 is 18.7 Å². The summed E-state index contributed by atoms with van der Waals surface area (Å²) in [4.78, 5) is 13.0. The summed E-state index contributed by atoms with van der Waals surface area (Å²) in [5, 5.41) is 8.51. The van der Waals surface area contributed by atoms with Crippen molar-refractivity contribution in [2.45, 2.75) is 32.9 Å². The molecule has 8 heteroatoms. The number of ether oxygens (including phenoxy) is 2. The molecule has 1 aliphatic carbocycles. The van der Waals surface area contributed by atoms with E-state index in [-0.39, 0.29) is 12.7 Å². The van der Waals surface area contributed by atoms with E-state index < -0.39 is 0 Å². The molecule has 4 aromatic rings. The number of fused-ring (bicyclic) bond motifs is 4. The molecule has 0 spiro atoms. The lowest BCUT2D eigenvalue weighted by atomic mass is 9.93. The number of furan rings is 1. The first-order chi connectivity index (χ1) is 16.5. The molecule has 1 aliphatic heterocycles. The van der Waals surface area contributed by atoms with Crippen LogP contribution in [0.3, 0.4) is 0 Å². The van der Waals surface area contributed by atoms with E-state index in [1.54, 1.807) is 0 Å². The largest absolute Gasteiger partial charge is 0.455 e. The lowest BCUT2D eigenvalue weighted by Gasteiger charge is -2.09. The number of benzene rings is 2. The van der Waals surface area contributed by atoms with Gasteiger partial charge in [-0.1, -0.05) is 29.8 Å². The number of nitrogens with one attached hydrogen (secondary N) is 1. The van der Waals surface area contributed by atoms with Crippen molar-refractivity contribution in [3.05, 3.63) is 87.5 Å². The van der Waals surface area contributed by atoms with Crippen LogP contribution >= 0.6 is 11.6 Å². The fourth-order valence-corrected chi connectivity index (χ4v) is 4.68. The lowest BCUT2D eigenvalue weighted by Crippen LogP contribution is -2.23. The summed E-state index contributed by atoms with van der Waals surface area (Å²) in [7, 11) is 0. The maximum Gasteiger partial charge on any atom is 0.287 e. The molecule has 1 N–H and O–H groups in total. The molecule has 0 atom stereocenters. The molecule has 2 aromatic carbocycles. The molecule has 0 unspecified atom stereocenters. The summed E-state index contributed by atoms with van der Waals surface area (Å²) < 4.78 is 18.7. The van der Waals surface area contributed by atoms with E-state index in [4.69, 9.17) is 30.6 Å². The van der Waals surface area contributed by atoms with E-state index in [0.29, 0.717) is 29.6 Å². The van der Waals surface area contributed by atoms with Gasteiger partial charge in [0.2, 0.25) is 6.79 Å². The summed E-state index contributed by atoms with van der Waals surface area (Å²) in [6, 6.07) is 13.4. The highest BCUT2D eigenvalue weighted by atomic mass is 35.5. The van der Waals surface area contributed by atoms with E-state index in [0.717, 1.165) is 57.9 Å². The second-order valence-corrected chi connectivity index (χ2v) is 8.99. The first kappa shape index (κ1) is 20.9. The van der Waals surface area contributed by atoms with Crippen LogP contribution in [0.1, 0.15) is 38.6 Å². The number of aryl methyl sites for hydroxylation is 2. The molecule has 172 valence electrons. The number of rotatable bonds is 5. The van der Waals surface area contributed by atoms with Gasteiger partial charge in [0.15, 0.2) is 17.3 Å². The van der Waals surface area contributed by atoms with Gasteiger partial charge in [-0.3, -0.25) is 9.48 Å². The summed E-state index contributed by atoms with van der Waals surface area (Å²) >= 11 is 6.00. The van der Waals surface area contributed by atoms with Crippen LogP contribution in [0.5, 0.6) is 11.5 Å². The summed E-state index contributed by atoms with van der Waals surface area (Å²) in [6.07, 6.45) is 3.65. The van der Waals surface area contributed by atoms with Gasteiger partial charge < -0.3 is 19.2 Å². The van der Waals surface area contributed by atoms with Crippen LogP contribution in [-0.4, -0.2) is 22.5 Å². The lowest BCUT2D eigenvalue weighted by molar-refractivity contribution is 0.0920. The van der Waals surface area contributed by atoms with Gasteiger partial charge in [0.25, 0.3) is 5.91 Å². The molecular formula is C26H22ClN3O4. The normalized spacial score (nSPS) is 13.5. The Morgan fingerprint density at radius 1 is 1.09 bits per heavy atom. The van der Waals surface area contributed by atoms with Gasteiger partial charge in [0.05, 0.1) is 12.2 Å². The van der Waals surface area contributed by atoms with E-state index in [9.17, 15) is 4.79 Å². The van der Waals surface area contributed by atoms with Gasteiger partial charge in [-0.05, 0) is 54.3 Å². The molecule has 0 saturated carbocycles. The first-order valence-electron chi connectivity index (χ1n) is 11.2. The smallest absolute Gasteiger partial charge is 0.287 e. The van der Waals surface area contributed by atoms with Crippen molar-refractivity contribution in [3.8, 4) is 22.8 Å². The third-order valence-electron chi connectivity index (χ3n) is 6.27. The quantitative estimate of drug-likeness (QED) is 0.443. The van der Waals surface area contributed by atoms with Crippen LogP contribution < -0.4 is 14.8 Å². The highest BCUT2D eigenvalue weighted by Gasteiger charge is 2.29. The predicted octanol–water partition coefficient (Wildman–Crippen LogP) is 4.91. The minimum absolute atomic E-state index is 0.222.